The molecular weight excluding hydrogens is 280 g/mol. The van der Waals surface area contributed by atoms with Gasteiger partial charge in [-0.05, 0) is 45.6 Å². The summed E-state index contributed by atoms with van der Waals surface area (Å²) in [5.41, 5.74) is 6.14. The van der Waals surface area contributed by atoms with Crippen LogP contribution >= 0.6 is 0 Å². The van der Waals surface area contributed by atoms with Crippen molar-refractivity contribution in [2.24, 2.45) is 0 Å². The van der Waals surface area contributed by atoms with Crippen LogP contribution in [-0.4, -0.2) is 5.11 Å². The third-order valence-corrected chi connectivity index (χ3v) is 4.40. The van der Waals surface area contributed by atoms with Crippen molar-refractivity contribution >= 4 is 0 Å². The summed E-state index contributed by atoms with van der Waals surface area (Å²) in [7, 11) is 0. The number of rotatable bonds is 2. The lowest BCUT2D eigenvalue weighted by Crippen LogP contribution is -2.20. The molecule has 0 aliphatic rings. The van der Waals surface area contributed by atoms with Gasteiger partial charge in [-0.15, -0.1) is 0 Å². The van der Waals surface area contributed by atoms with Crippen LogP contribution in [0.2, 0.25) is 0 Å². The highest BCUT2D eigenvalue weighted by atomic mass is 16.3. The molecule has 0 heterocycles. The quantitative estimate of drug-likeness (QED) is 0.698. The highest BCUT2D eigenvalue weighted by Crippen LogP contribution is 2.44. The first-order chi connectivity index (χ1) is 10.6. The molecule has 0 unspecified atom stereocenters. The predicted molar refractivity (Wildman–Crippen MR) is 100 cm³/mol. The first-order valence-electron chi connectivity index (χ1n) is 8.52. The van der Waals surface area contributed by atoms with Gasteiger partial charge in [0.25, 0.3) is 0 Å². The van der Waals surface area contributed by atoms with Gasteiger partial charge in [-0.2, -0.15) is 0 Å². The molecule has 0 aromatic heterocycles. The van der Waals surface area contributed by atoms with Crippen molar-refractivity contribution in [3.8, 4) is 16.9 Å². The van der Waals surface area contributed by atoms with Gasteiger partial charge in [0.15, 0.2) is 0 Å². The molecule has 0 saturated heterocycles. The second-order valence-electron chi connectivity index (χ2n) is 8.44. The first-order valence-corrected chi connectivity index (χ1v) is 8.52. The number of aromatic hydroxyl groups is 1. The highest BCUT2D eigenvalue weighted by molar-refractivity contribution is 5.78. The molecule has 0 atom stereocenters. The van der Waals surface area contributed by atoms with E-state index in [9.17, 15) is 5.11 Å². The van der Waals surface area contributed by atoms with E-state index in [2.05, 4.69) is 60.6 Å². The molecule has 0 amide bonds. The fourth-order valence-corrected chi connectivity index (χ4v) is 3.06. The molecule has 2 aromatic carbocycles. The highest BCUT2D eigenvalue weighted by Gasteiger charge is 2.28. The molecule has 2 aromatic rings. The van der Waals surface area contributed by atoms with Crippen LogP contribution in [0.1, 0.15) is 65.2 Å². The van der Waals surface area contributed by atoms with Gasteiger partial charge in [-0.25, -0.2) is 0 Å². The first kappa shape index (κ1) is 17.6. The average Bonchev–Trinajstić information content (AvgIpc) is 2.44. The predicted octanol–water partition coefficient (Wildman–Crippen LogP) is 6.22. The van der Waals surface area contributed by atoms with Crippen molar-refractivity contribution in [1.29, 1.82) is 0 Å². The Bertz CT molecular complexity index is 662. The van der Waals surface area contributed by atoms with Gasteiger partial charge in [-0.3, -0.25) is 0 Å². The molecule has 0 aliphatic carbocycles. The summed E-state index contributed by atoms with van der Waals surface area (Å²) in [6.45, 7) is 15.7. The summed E-state index contributed by atoms with van der Waals surface area (Å²) in [5.74, 6) is 0.354. The van der Waals surface area contributed by atoms with Gasteiger partial charge < -0.3 is 5.11 Å². The van der Waals surface area contributed by atoms with Crippen LogP contribution in [-0.2, 0) is 17.3 Å². The molecule has 1 heteroatoms. The van der Waals surface area contributed by atoms with E-state index < -0.39 is 0 Å². The molecule has 2 rings (SSSR count). The third kappa shape index (κ3) is 3.60. The van der Waals surface area contributed by atoms with E-state index in [0.717, 1.165) is 12.0 Å². The van der Waals surface area contributed by atoms with Crippen molar-refractivity contribution in [3.63, 3.8) is 0 Å². The molecule has 23 heavy (non-hydrogen) atoms. The Morgan fingerprint density at radius 1 is 0.826 bits per heavy atom. The largest absolute Gasteiger partial charge is 0.507 e. The van der Waals surface area contributed by atoms with Crippen LogP contribution in [0.4, 0.5) is 0 Å². The van der Waals surface area contributed by atoms with Crippen LogP contribution in [0.5, 0.6) is 5.75 Å². The maximum absolute atomic E-state index is 10.5. The monoisotopic (exact) mass is 310 g/mol. The zero-order valence-electron chi connectivity index (χ0n) is 15.6. The summed E-state index contributed by atoms with van der Waals surface area (Å²) in [4.78, 5) is 0. The Balaban J connectivity index is 2.94. The van der Waals surface area contributed by atoms with Gasteiger partial charge in [0, 0.05) is 5.56 Å². The summed E-state index contributed by atoms with van der Waals surface area (Å²) in [5, 5.41) is 10.5. The molecule has 0 fully saturated rings. The van der Waals surface area contributed by atoms with Crippen molar-refractivity contribution < 1.29 is 5.11 Å². The van der Waals surface area contributed by atoms with Gasteiger partial charge in [0.2, 0.25) is 0 Å². The second-order valence-corrected chi connectivity index (χ2v) is 8.44. The van der Waals surface area contributed by atoms with Crippen molar-refractivity contribution in [2.75, 3.05) is 0 Å². The summed E-state index contributed by atoms with van der Waals surface area (Å²) < 4.78 is 0. The fourth-order valence-electron chi connectivity index (χ4n) is 3.06. The molecular formula is C22H30O. The van der Waals surface area contributed by atoms with E-state index >= 15 is 0 Å². The Morgan fingerprint density at radius 2 is 1.30 bits per heavy atom. The number of phenols is 1. The molecule has 1 nitrogen and oxygen atoms in total. The normalized spacial score (nSPS) is 12.5. The van der Waals surface area contributed by atoms with Crippen LogP contribution in [0.3, 0.4) is 0 Å². The van der Waals surface area contributed by atoms with Crippen LogP contribution < -0.4 is 0 Å². The maximum atomic E-state index is 10.5. The molecule has 1 N–H and O–H groups in total. The molecule has 0 saturated carbocycles. The topological polar surface area (TPSA) is 20.2 Å². The Kier molecular flexibility index (Phi) is 4.61. The number of hydrogen-bond acceptors (Lipinski definition) is 1. The van der Waals surface area contributed by atoms with Crippen LogP contribution in [0.15, 0.2) is 36.4 Å². The van der Waals surface area contributed by atoms with Crippen LogP contribution in [0.25, 0.3) is 11.1 Å². The number of hydrogen-bond donors (Lipinski definition) is 1. The minimum Gasteiger partial charge on any atom is -0.507 e. The van der Waals surface area contributed by atoms with E-state index in [4.69, 9.17) is 0 Å². The van der Waals surface area contributed by atoms with Crippen molar-refractivity contribution in [1.82, 2.24) is 0 Å². The molecule has 0 aliphatic heterocycles. The lowest BCUT2D eigenvalue weighted by atomic mass is 9.73. The lowest BCUT2D eigenvalue weighted by molar-refractivity contribution is 0.476. The SMILES string of the molecule is CCc1cc(C(C)(C)C)c(-c2ccccc2O)c(C(C)(C)C)c1. The standard InChI is InChI=1S/C22H30O/c1-8-15-13-17(21(2,3)4)20(18(14-15)22(5,6)7)16-11-9-10-12-19(16)23/h9-14,23H,8H2,1-7H3. The number of aryl methyl sites for hydroxylation is 1. The number of phenolic OH excluding ortho intramolecular Hbond substituents is 1. The molecule has 0 spiro atoms. The van der Waals surface area contributed by atoms with Crippen molar-refractivity contribution in [3.05, 3.63) is 53.1 Å². The second kappa shape index (κ2) is 6.03. The Labute approximate surface area is 141 Å². The van der Waals surface area contributed by atoms with Gasteiger partial charge in [0.1, 0.15) is 5.75 Å². The lowest BCUT2D eigenvalue weighted by Gasteiger charge is -2.31. The minimum atomic E-state index is 0.0167. The fraction of sp³-hybridized carbons (Fsp3) is 0.455. The third-order valence-electron chi connectivity index (χ3n) is 4.40. The maximum Gasteiger partial charge on any atom is 0.123 e. The van der Waals surface area contributed by atoms with Crippen LogP contribution in [0, 0.1) is 0 Å². The number of para-hydroxylation sites is 1. The van der Waals surface area contributed by atoms with E-state index in [0.29, 0.717) is 5.75 Å². The van der Waals surface area contributed by atoms with E-state index in [1.54, 1.807) is 6.07 Å². The summed E-state index contributed by atoms with van der Waals surface area (Å²) in [6, 6.07) is 12.3. The van der Waals surface area contributed by atoms with Gasteiger partial charge in [-0.1, -0.05) is 78.8 Å². The Hall–Kier alpha value is -1.76. The van der Waals surface area contributed by atoms with E-state index in [1.807, 2.05) is 18.2 Å². The Morgan fingerprint density at radius 3 is 1.70 bits per heavy atom. The van der Waals surface area contributed by atoms with E-state index in [-0.39, 0.29) is 10.8 Å². The minimum absolute atomic E-state index is 0.0167. The molecule has 0 radical (unpaired) electrons. The zero-order valence-corrected chi connectivity index (χ0v) is 15.6. The molecule has 124 valence electrons. The zero-order chi connectivity index (χ0) is 17.4. The van der Waals surface area contributed by atoms with Gasteiger partial charge >= 0.3 is 0 Å². The van der Waals surface area contributed by atoms with E-state index in [1.165, 1.54) is 22.3 Å². The number of benzene rings is 2. The van der Waals surface area contributed by atoms with Gasteiger partial charge in [0.05, 0.1) is 0 Å². The smallest absolute Gasteiger partial charge is 0.123 e. The van der Waals surface area contributed by atoms with Crippen molar-refractivity contribution in [2.45, 2.75) is 65.7 Å². The summed E-state index contributed by atoms with van der Waals surface area (Å²) in [6.07, 6.45) is 1.02. The molecule has 0 bridgehead atoms. The summed E-state index contributed by atoms with van der Waals surface area (Å²) >= 11 is 0. The average molecular weight is 310 g/mol.